The number of halogens is 4. The smallest absolute Gasteiger partial charge is 0.443 e. The lowest BCUT2D eigenvalue weighted by Gasteiger charge is -2.21. The molecule has 0 bridgehead atoms. The maximum Gasteiger partial charge on any atom is 0.573 e. The molecule has 2 heterocycles. The molecule has 0 radical (unpaired) electrons. The van der Waals surface area contributed by atoms with Crippen LogP contribution in [0.1, 0.15) is 24.8 Å². The number of sulfonamides is 1. The second-order valence-electron chi connectivity index (χ2n) is 7.68. The molecule has 0 unspecified atom stereocenters. The van der Waals surface area contributed by atoms with Crippen LogP contribution in [0.4, 0.5) is 17.6 Å². The summed E-state index contributed by atoms with van der Waals surface area (Å²) in [5, 5.41) is -0.0867. The molecule has 6 nitrogen and oxygen atoms in total. The Labute approximate surface area is 186 Å². The van der Waals surface area contributed by atoms with Crippen LogP contribution < -0.4 is 4.74 Å². The fourth-order valence-corrected chi connectivity index (χ4v) is 5.54. The highest BCUT2D eigenvalue weighted by molar-refractivity contribution is 7.89. The molecule has 33 heavy (non-hydrogen) atoms. The minimum absolute atomic E-state index is 0.0580. The predicted molar refractivity (Wildman–Crippen MR) is 110 cm³/mol. The van der Waals surface area contributed by atoms with E-state index in [1.807, 2.05) is 0 Å². The summed E-state index contributed by atoms with van der Waals surface area (Å²) in [6.07, 6.45) is -3.96. The van der Waals surface area contributed by atoms with Gasteiger partial charge in [0, 0.05) is 24.4 Å². The van der Waals surface area contributed by atoms with Crippen molar-refractivity contribution in [2.75, 3.05) is 6.54 Å². The molecule has 0 N–H and O–H groups in total. The number of ether oxygens (including phenoxy) is 1. The Morgan fingerprint density at radius 3 is 2.70 bits per heavy atom. The standard InChI is InChI=1S/C22H19F4NO5S/c23-16-7-9-20-15(12-16)13-21(31-20)33(29,30)27-10-2-5-18(27)19(28)8-6-14-3-1-4-17(11-14)32-22(24,25)26/h1,3-4,7,9,11-13,18H,2,5-6,8,10H2/t18-/m0/s1. The molecule has 1 atom stereocenters. The van der Waals surface area contributed by atoms with Crippen LogP contribution in [0.15, 0.2) is 58.0 Å². The van der Waals surface area contributed by atoms with Crippen molar-refractivity contribution in [3.05, 3.63) is 59.9 Å². The first kappa shape index (κ1) is 23.2. The number of fused-ring (bicyclic) bond motifs is 1. The number of carbonyl (C=O) groups is 1. The van der Waals surface area contributed by atoms with Crippen LogP contribution in [-0.4, -0.2) is 37.5 Å². The summed E-state index contributed by atoms with van der Waals surface area (Å²) in [7, 11) is -4.14. The molecule has 1 saturated heterocycles. The highest BCUT2D eigenvalue weighted by Crippen LogP contribution is 2.31. The third-order valence-electron chi connectivity index (χ3n) is 5.39. The lowest BCUT2D eigenvalue weighted by atomic mass is 10.0. The molecule has 2 aromatic carbocycles. The van der Waals surface area contributed by atoms with Crippen LogP contribution in [0.5, 0.6) is 5.75 Å². The van der Waals surface area contributed by atoms with E-state index >= 15 is 0 Å². The maximum absolute atomic E-state index is 13.4. The normalized spacial score (nSPS) is 17.5. The Morgan fingerprint density at radius 2 is 1.94 bits per heavy atom. The number of nitrogens with zero attached hydrogens (tertiary/aromatic N) is 1. The molecule has 0 spiro atoms. The quantitative estimate of drug-likeness (QED) is 0.449. The molecule has 0 amide bonds. The Bertz CT molecular complexity index is 1290. The fraction of sp³-hybridized carbons (Fsp3) is 0.318. The summed E-state index contributed by atoms with van der Waals surface area (Å²) in [6.45, 7) is 0.124. The van der Waals surface area contributed by atoms with Gasteiger partial charge in [-0.25, -0.2) is 12.8 Å². The van der Waals surface area contributed by atoms with E-state index in [-0.39, 0.29) is 47.0 Å². The van der Waals surface area contributed by atoms with Crippen LogP contribution in [0, 0.1) is 5.82 Å². The summed E-state index contributed by atoms with van der Waals surface area (Å²) >= 11 is 0. The zero-order valence-electron chi connectivity index (χ0n) is 17.1. The minimum atomic E-state index is -4.82. The Morgan fingerprint density at radius 1 is 1.15 bits per heavy atom. The number of furan rings is 1. The van der Waals surface area contributed by atoms with Gasteiger partial charge in [0.2, 0.25) is 5.09 Å². The second kappa shape index (κ2) is 8.79. The third-order valence-corrected chi connectivity index (χ3v) is 7.15. The first-order chi connectivity index (χ1) is 15.5. The van der Waals surface area contributed by atoms with Crippen molar-refractivity contribution in [1.82, 2.24) is 4.31 Å². The molecule has 0 aliphatic carbocycles. The number of benzene rings is 2. The second-order valence-corrected chi connectivity index (χ2v) is 9.50. The summed E-state index contributed by atoms with van der Waals surface area (Å²) in [5.74, 6) is -1.27. The van der Waals surface area contributed by atoms with Crippen LogP contribution in [0.2, 0.25) is 0 Å². The van der Waals surface area contributed by atoms with Crippen LogP contribution in [0.3, 0.4) is 0 Å². The van der Waals surface area contributed by atoms with Crippen LogP contribution in [-0.2, 0) is 21.2 Å². The molecule has 0 saturated carbocycles. The molecule has 1 aliphatic heterocycles. The van der Waals surface area contributed by atoms with E-state index in [1.165, 1.54) is 24.3 Å². The van der Waals surface area contributed by atoms with E-state index in [2.05, 4.69) is 4.74 Å². The molecule has 3 aromatic rings. The van der Waals surface area contributed by atoms with Crippen molar-refractivity contribution in [1.29, 1.82) is 0 Å². The van der Waals surface area contributed by atoms with E-state index in [9.17, 15) is 30.8 Å². The van der Waals surface area contributed by atoms with Gasteiger partial charge in [0.05, 0.1) is 6.04 Å². The zero-order chi connectivity index (χ0) is 23.8. The van der Waals surface area contributed by atoms with Crippen LogP contribution >= 0.6 is 0 Å². The highest BCUT2D eigenvalue weighted by atomic mass is 32.2. The monoisotopic (exact) mass is 485 g/mol. The van der Waals surface area contributed by atoms with Crippen molar-refractivity contribution in [2.45, 2.75) is 43.2 Å². The molecule has 1 aliphatic rings. The van der Waals surface area contributed by atoms with Gasteiger partial charge < -0.3 is 9.15 Å². The van der Waals surface area contributed by atoms with E-state index in [0.717, 1.165) is 22.5 Å². The average Bonchev–Trinajstić information content (AvgIpc) is 3.38. The predicted octanol–water partition coefficient (Wildman–Crippen LogP) is 4.83. The lowest BCUT2D eigenvalue weighted by Crippen LogP contribution is -2.40. The average molecular weight is 485 g/mol. The maximum atomic E-state index is 13.4. The van der Waals surface area contributed by atoms with E-state index in [4.69, 9.17) is 4.42 Å². The number of carbonyl (C=O) groups excluding carboxylic acids is 1. The SMILES string of the molecule is O=C(CCc1cccc(OC(F)(F)F)c1)[C@@H]1CCCN1S(=O)(=O)c1cc2cc(F)ccc2o1. The third kappa shape index (κ3) is 5.19. The van der Waals surface area contributed by atoms with E-state index < -0.39 is 28.2 Å². The van der Waals surface area contributed by atoms with Crippen molar-refractivity contribution >= 4 is 26.8 Å². The molecule has 176 valence electrons. The van der Waals surface area contributed by atoms with Gasteiger partial charge >= 0.3 is 6.36 Å². The summed E-state index contributed by atoms with van der Waals surface area (Å²) in [5.41, 5.74) is 0.662. The molecule has 1 aromatic heterocycles. The van der Waals surface area contributed by atoms with Gasteiger partial charge in [0.25, 0.3) is 10.0 Å². The first-order valence-corrected chi connectivity index (χ1v) is 11.6. The van der Waals surface area contributed by atoms with Gasteiger partial charge in [-0.2, -0.15) is 4.31 Å². The van der Waals surface area contributed by atoms with Gasteiger partial charge in [-0.15, -0.1) is 13.2 Å². The summed E-state index contributed by atoms with van der Waals surface area (Å²) in [4.78, 5) is 12.8. The summed E-state index contributed by atoms with van der Waals surface area (Å²) < 4.78 is 87.3. The molecule has 11 heteroatoms. The Kier molecular flexibility index (Phi) is 6.19. The van der Waals surface area contributed by atoms with Gasteiger partial charge in [-0.05, 0) is 55.2 Å². The number of rotatable bonds is 7. The minimum Gasteiger partial charge on any atom is -0.443 e. The van der Waals surface area contributed by atoms with Gasteiger partial charge in [0.15, 0.2) is 5.78 Å². The first-order valence-electron chi connectivity index (χ1n) is 10.1. The highest BCUT2D eigenvalue weighted by Gasteiger charge is 2.40. The molecular weight excluding hydrogens is 466 g/mol. The number of ketones is 1. The molecular formula is C22H19F4NO5S. The van der Waals surface area contributed by atoms with Gasteiger partial charge in [-0.3, -0.25) is 4.79 Å². The lowest BCUT2D eigenvalue weighted by molar-refractivity contribution is -0.274. The number of hydrogen-bond acceptors (Lipinski definition) is 5. The molecule has 1 fully saturated rings. The van der Waals surface area contributed by atoms with Crippen molar-refractivity contribution in [3.63, 3.8) is 0 Å². The summed E-state index contributed by atoms with van der Waals surface area (Å²) in [6, 6.07) is 9.24. The van der Waals surface area contributed by atoms with E-state index in [0.29, 0.717) is 18.4 Å². The zero-order valence-corrected chi connectivity index (χ0v) is 18.0. The Balaban J connectivity index is 1.47. The number of Topliss-reactive ketones (excluding diaryl/α,β-unsaturated/α-hetero) is 1. The van der Waals surface area contributed by atoms with Crippen molar-refractivity contribution < 1.29 is 39.9 Å². The Hall–Kier alpha value is -2.92. The van der Waals surface area contributed by atoms with Gasteiger partial charge in [-0.1, -0.05) is 12.1 Å². The van der Waals surface area contributed by atoms with Crippen LogP contribution in [0.25, 0.3) is 11.0 Å². The van der Waals surface area contributed by atoms with Gasteiger partial charge in [0.1, 0.15) is 17.1 Å². The number of alkyl halides is 3. The van der Waals surface area contributed by atoms with E-state index in [1.54, 1.807) is 6.07 Å². The van der Waals surface area contributed by atoms with Crippen molar-refractivity contribution in [2.24, 2.45) is 0 Å². The topological polar surface area (TPSA) is 76.8 Å². The number of hydrogen-bond donors (Lipinski definition) is 0. The van der Waals surface area contributed by atoms with Crippen molar-refractivity contribution in [3.8, 4) is 5.75 Å². The fourth-order valence-electron chi connectivity index (χ4n) is 3.91. The largest absolute Gasteiger partial charge is 0.573 e. The number of aryl methyl sites for hydroxylation is 1. The molecule has 4 rings (SSSR count).